The number of fused-ring (bicyclic) bond motifs is 1. The molecular weight excluding hydrogens is 403 g/mol. The lowest BCUT2D eigenvalue weighted by Crippen LogP contribution is -2.30. The third-order valence-corrected chi connectivity index (χ3v) is 6.56. The zero-order valence-corrected chi connectivity index (χ0v) is 18.8. The number of rotatable bonds is 5. The molecule has 0 radical (unpaired) electrons. The zero-order chi connectivity index (χ0) is 20.8. The maximum Gasteiger partial charge on any atom is 0.106 e. The van der Waals surface area contributed by atoms with Crippen molar-refractivity contribution >= 4 is 34.1 Å². The summed E-state index contributed by atoms with van der Waals surface area (Å²) in [5.41, 5.74) is 3.18. The summed E-state index contributed by atoms with van der Waals surface area (Å²) in [6, 6.07) is 14.1. The molecule has 1 N–H and O–H groups in total. The number of benzene rings is 2. The first-order chi connectivity index (χ1) is 13.7. The van der Waals surface area contributed by atoms with Crippen LogP contribution >= 0.6 is 23.2 Å². The van der Waals surface area contributed by atoms with Gasteiger partial charge in [0.25, 0.3) is 0 Å². The van der Waals surface area contributed by atoms with Gasteiger partial charge in [0.05, 0.1) is 6.54 Å². The number of aryl methyl sites for hydroxylation is 1. The van der Waals surface area contributed by atoms with Crippen molar-refractivity contribution in [3.63, 3.8) is 0 Å². The van der Waals surface area contributed by atoms with Gasteiger partial charge in [-0.1, -0.05) is 47.8 Å². The molecule has 1 aromatic heterocycles. The van der Waals surface area contributed by atoms with E-state index in [9.17, 15) is 5.11 Å². The minimum atomic E-state index is -1.12. The van der Waals surface area contributed by atoms with Crippen LogP contribution in [0.1, 0.15) is 37.1 Å². The van der Waals surface area contributed by atoms with Gasteiger partial charge in [0.2, 0.25) is 0 Å². The number of halogens is 2. The van der Waals surface area contributed by atoms with Crippen LogP contribution in [-0.4, -0.2) is 27.7 Å². The Morgan fingerprint density at radius 1 is 1.14 bits per heavy atom. The van der Waals surface area contributed by atoms with Gasteiger partial charge in [-0.2, -0.15) is 0 Å². The first-order valence-corrected chi connectivity index (χ1v) is 11.0. The maximum atomic E-state index is 11.4. The van der Waals surface area contributed by atoms with Crippen LogP contribution in [0.4, 0.5) is 0 Å². The van der Waals surface area contributed by atoms with Crippen LogP contribution in [0.2, 0.25) is 10.0 Å². The number of aromatic nitrogens is 1. The van der Waals surface area contributed by atoms with Crippen LogP contribution in [0.5, 0.6) is 0 Å². The second-order valence-corrected chi connectivity index (χ2v) is 9.65. The molecule has 0 bridgehead atoms. The molecule has 1 aliphatic heterocycles. The summed E-state index contributed by atoms with van der Waals surface area (Å²) in [5.74, 6) is 0.742. The van der Waals surface area contributed by atoms with Crippen LogP contribution in [0, 0.1) is 12.8 Å². The van der Waals surface area contributed by atoms with Gasteiger partial charge in [-0.25, -0.2) is 0 Å². The van der Waals surface area contributed by atoms with Crippen molar-refractivity contribution in [3.8, 4) is 0 Å². The fourth-order valence-corrected chi connectivity index (χ4v) is 5.10. The third-order valence-electron chi connectivity index (χ3n) is 6.01. The van der Waals surface area contributed by atoms with E-state index in [2.05, 4.69) is 47.6 Å². The van der Waals surface area contributed by atoms with Gasteiger partial charge in [-0.05, 0) is 63.1 Å². The Hall–Kier alpha value is -1.52. The van der Waals surface area contributed by atoms with E-state index < -0.39 is 5.60 Å². The quantitative estimate of drug-likeness (QED) is 0.536. The zero-order valence-electron chi connectivity index (χ0n) is 17.3. The first-order valence-electron chi connectivity index (χ1n) is 10.2. The van der Waals surface area contributed by atoms with Gasteiger partial charge >= 0.3 is 0 Å². The maximum absolute atomic E-state index is 11.4. The van der Waals surface area contributed by atoms with Gasteiger partial charge in [0.1, 0.15) is 5.60 Å². The van der Waals surface area contributed by atoms with Crippen LogP contribution in [0.25, 0.3) is 10.9 Å². The standard InChI is InChI=1S/C24H28Cl2N2O/c1-16-4-7-23-18(10-16)11-20(14-27-9-8-17(2)13-27)28(23)15-24(3,29)21-6-5-19(25)12-22(21)26/h4-7,10-12,17,29H,8-9,13-15H2,1-3H3. The summed E-state index contributed by atoms with van der Waals surface area (Å²) in [6.07, 6.45) is 1.25. The molecule has 0 amide bonds. The van der Waals surface area contributed by atoms with Crippen molar-refractivity contribution in [2.45, 2.75) is 45.9 Å². The molecule has 2 heterocycles. The normalized spacial score (nSPS) is 19.7. The molecule has 1 fully saturated rings. The summed E-state index contributed by atoms with van der Waals surface area (Å²) in [5, 5.41) is 13.7. The molecule has 3 aromatic rings. The summed E-state index contributed by atoms with van der Waals surface area (Å²) in [6.45, 7) is 9.82. The number of likely N-dealkylation sites (tertiary alicyclic amines) is 1. The van der Waals surface area contributed by atoms with Crippen LogP contribution in [-0.2, 0) is 18.7 Å². The number of hydrogen-bond acceptors (Lipinski definition) is 2. The summed E-state index contributed by atoms with van der Waals surface area (Å²) in [7, 11) is 0. The molecule has 1 saturated heterocycles. The predicted octanol–water partition coefficient (Wildman–Crippen LogP) is 6.01. The molecule has 1 aliphatic rings. The monoisotopic (exact) mass is 430 g/mol. The molecule has 2 atom stereocenters. The topological polar surface area (TPSA) is 28.4 Å². The number of hydrogen-bond donors (Lipinski definition) is 1. The van der Waals surface area contributed by atoms with E-state index >= 15 is 0 Å². The second-order valence-electron chi connectivity index (χ2n) is 8.81. The van der Waals surface area contributed by atoms with E-state index in [0.717, 1.165) is 31.1 Å². The predicted molar refractivity (Wildman–Crippen MR) is 122 cm³/mol. The second kappa shape index (κ2) is 7.96. The Morgan fingerprint density at radius 3 is 2.62 bits per heavy atom. The van der Waals surface area contributed by atoms with Crippen molar-refractivity contribution in [2.75, 3.05) is 13.1 Å². The highest BCUT2D eigenvalue weighted by Gasteiger charge is 2.29. The lowest BCUT2D eigenvalue weighted by atomic mass is 9.95. The van der Waals surface area contributed by atoms with E-state index in [-0.39, 0.29) is 0 Å². The average molecular weight is 431 g/mol. The van der Waals surface area contributed by atoms with Crippen molar-refractivity contribution in [3.05, 3.63) is 69.3 Å². The molecule has 5 heteroatoms. The van der Waals surface area contributed by atoms with Crippen molar-refractivity contribution in [1.29, 1.82) is 0 Å². The summed E-state index contributed by atoms with van der Waals surface area (Å²) < 4.78 is 2.25. The van der Waals surface area contributed by atoms with E-state index in [4.69, 9.17) is 23.2 Å². The molecular formula is C24H28Cl2N2O. The molecule has 2 unspecified atom stereocenters. The minimum Gasteiger partial charge on any atom is -0.384 e. The third kappa shape index (κ3) is 4.34. The minimum absolute atomic E-state index is 0.430. The fraction of sp³-hybridized carbons (Fsp3) is 0.417. The van der Waals surface area contributed by atoms with Crippen molar-refractivity contribution in [2.24, 2.45) is 5.92 Å². The lowest BCUT2D eigenvalue weighted by molar-refractivity contribution is 0.0384. The molecule has 0 aliphatic carbocycles. The van der Waals surface area contributed by atoms with Crippen molar-refractivity contribution in [1.82, 2.24) is 9.47 Å². The van der Waals surface area contributed by atoms with Crippen molar-refractivity contribution < 1.29 is 5.11 Å². The summed E-state index contributed by atoms with van der Waals surface area (Å²) >= 11 is 12.5. The van der Waals surface area contributed by atoms with Gasteiger partial charge in [-0.15, -0.1) is 0 Å². The Labute approximate surface area is 182 Å². The van der Waals surface area contributed by atoms with Crippen LogP contribution < -0.4 is 0 Å². The highest BCUT2D eigenvalue weighted by atomic mass is 35.5. The molecule has 0 spiro atoms. The van der Waals surface area contributed by atoms with Crippen LogP contribution in [0.15, 0.2) is 42.5 Å². The summed E-state index contributed by atoms with van der Waals surface area (Å²) in [4.78, 5) is 2.51. The Kier molecular flexibility index (Phi) is 5.69. The van der Waals surface area contributed by atoms with Gasteiger partial charge < -0.3 is 9.67 Å². The SMILES string of the molecule is Cc1ccc2c(c1)cc(CN1CCC(C)C1)n2CC(C)(O)c1ccc(Cl)cc1Cl. The molecule has 154 valence electrons. The van der Waals surface area contributed by atoms with E-state index in [1.54, 1.807) is 12.1 Å². The molecule has 29 heavy (non-hydrogen) atoms. The van der Waals surface area contributed by atoms with Gasteiger partial charge in [0.15, 0.2) is 0 Å². The fourth-order valence-electron chi connectivity index (χ4n) is 4.48. The largest absolute Gasteiger partial charge is 0.384 e. The Balaban J connectivity index is 1.73. The molecule has 0 saturated carbocycles. The van der Waals surface area contributed by atoms with Crippen LogP contribution in [0.3, 0.4) is 0 Å². The Morgan fingerprint density at radius 2 is 1.93 bits per heavy atom. The molecule has 2 aromatic carbocycles. The first kappa shape index (κ1) is 20.7. The Bertz CT molecular complexity index is 1040. The smallest absolute Gasteiger partial charge is 0.106 e. The van der Waals surface area contributed by atoms with Gasteiger partial charge in [-0.3, -0.25) is 4.90 Å². The number of nitrogens with zero attached hydrogens (tertiary/aromatic N) is 2. The highest BCUT2D eigenvalue weighted by molar-refractivity contribution is 6.35. The van der Waals surface area contributed by atoms with Gasteiger partial charge in [0, 0.05) is 45.3 Å². The lowest BCUT2D eigenvalue weighted by Gasteiger charge is -2.28. The highest BCUT2D eigenvalue weighted by Crippen LogP contribution is 2.34. The van der Waals surface area contributed by atoms with E-state index in [1.807, 2.05) is 13.0 Å². The average Bonchev–Trinajstić information content (AvgIpc) is 3.18. The van der Waals surface area contributed by atoms with E-state index in [1.165, 1.54) is 23.1 Å². The van der Waals surface area contributed by atoms with E-state index in [0.29, 0.717) is 22.2 Å². The number of aliphatic hydroxyl groups is 1. The molecule has 4 rings (SSSR count). The molecule has 3 nitrogen and oxygen atoms in total.